The molecule has 1 aliphatic rings. The van der Waals surface area contributed by atoms with Crippen LogP contribution in [0, 0.1) is 0 Å². The van der Waals surface area contributed by atoms with Crippen molar-refractivity contribution < 1.29 is 17.3 Å². The van der Waals surface area contributed by atoms with Gasteiger partial charge in [-0.25, -0.2) is 0 Å². The van der Waals surface area contributed by atoms with Gasteiger partial charge < -0.3 is 17.3 Å². The van der Waals surface area contributed by atoms with Gasteiger partial charge in [0.05, 0.1) is 19.6 Å². The van der Waals surface area contributed by atoms with E-state index in [0.29, 0.717) is 0 Å². The van der Waals surface area contributed by atoms with Gasteiger partial charge >= 0.3 is 0 Å². The highest BCUT2D eigenvalue weighted by atomic mass is 35.5. The molecule has 0 radical (unpaired) electrons. The average molecular weight is 320 g/mol. The van der Waals surface area contributed by atoms with Crippen LogP contribution < -0.4 is 17.3 Å². The first-order chi connectivity index (χ1) is 9.93. The normalized spacial score (nSPS) is 16.5. The second kappa shape index (κ2) is 8.38. The van der Waals surface area contributed by atoms with Crippen LogP contribution in [0.2, 0.25) is 0 Å². The standard InChI is InChI=1S/C18H21NS.ClH/c1-3-7-16(8-4-1)18(17-10-14-20-15-17)9-13-19-11-5-2-6-12-19;/h1,3-4,7-10,14-15H,2,5-6,11-13H2;1H/b18-9+;. The summed E-state index contributed by atoms with van der Waals surface area (Å²) >= 11 is 1.78. The highest BCUT2D eigenvalue weighted by Gasteiger charge is 2.13. The molecule has 1 saturated heterocycles. The Balaban J connectivity index is 0.00000161. The van der Waals surface area contributed by atoms with E-state index in [9.17, 15) is 0 Å². The van der Waals surface area contributed by atoms with Gasteiger partial charge in [-0.05, 0) is 58.9 Å². The van der Waals surface area contributed by atoms with Crippen molar-refractivity contribution >= 4 is 16.9 Å². The summed E-state index contributed by atoms with van der Waals surface area (Å²) in [7, 11) is 0. The average Bonchev–Trinajstić information content (AvgIpc) is 3.04. The van der Waals surface area contributed by atoms with Crippen molar-refractivity contribution in [1.29, 1.82) is 0 Å². The highest BCUT2D eigenvalue weighted by Crippen LogP contribution is 2.24. The Hall–Kier alpha value is -1.09. The molecule has 0 aliphatic carbocycles. The highest BCUT2D eigenvalue weighted by molar-refractivity contribution is 7.08. The molecule has 1 aromatic heterocycles. The maximum absolute atomic E-state index is 2.44. The molecule has 2 aromatic rings. The third-order valence-electron chi connectivity index (χ3n) is 4.07. The fraction of sp³-hybridized carbons (Fsp3) is 0.333. The maximum Gasteiger partial charge on any atom is 0.0967 e. The molecule has 0 saturated carbocycles. The van der Waals surface area contributed by atoms with E-state index in [0.717, 1.165) is 6.54 Å². The van der Waals surface area contributed by atoms with Crippen LogP contribution in [0.1, 0.15) is 30.4 Å². The van der Waals surface area contributed by atoms with Crippen molar-refractivity contribution in [3.8, 4) is 0 Å². The van der Waals surface area contributed by atoms with Gasteiger partial charge in [-0.15, -0.1) is 0 Å². The van der Waals surface area contributed by atoms with Gasteiger partial charge in [0, 0.05) is 0 Å². The zero-order valence-corrected chi connectivity index (χ0v) is 13.8. The predicted molar refractivity (Wildman–Crippen MR) is 87.3 cm³/mol. The third-order valence-corrected chi connectivity index (χ3v) is 4.76. The summed E-state index contributed by atoms with van der Waals surface area (Å²) in [6.45, 7) is 3.82. The molecule has 1 nitrogen and oxygen atoms in total. The minimum Gasteiger partial charge on any atom is -1.00 e. The van der Waals surface area contributed by atoms with E-state index in [1.165, 1.54) is 49.1 Å². The number of likely N-dealkylation sites (tertiary alicyclic amines) is 1. The van der Waals surface area contributed by atoms with E-state index >= 15 is 0 Å². The van der Waals surface area contributed by atoms with Crippen LogP contribution in [0.5, 0.6) is 0 Å². The Morgan fingerprint density at radius 3 is 2.43 bits per heavy atom. The Labute approximate surface area is 137 Å². The molecule has 3 rings (SSSR count). The van der Waals surface area contributed by atoms with E-state index in [1.807, 2.05) is 0 Å². The van der Waals surface area contributed by atoms with Crippen molar-refractivity contribution in [2.45, 2.75) is 19.3 Å². The third kappa shape index (κ3) is 4.44. The second-order valence-corrected chi connectivity index (χ2v) is 6.29. The zero-order chi connectivity index (χ0) is 13.6. The molecular weight excluding hydrogens is 298 g/mol. The monoisotopic (exact) mass is 319 g/mol. The number of piperidine rings is 1. The van der Waals surface area contributed by atoms with E-state index in [1.54, 1.807) is 16.2 Å². The lowest BCUT2D eigenvalue weighted by molar-refractivity contribution is -0.898. The lowest BCUT2D eigenvalue weighted by Gasteiger charge is -2.22. The molecule has 1 fully saturated rings. The molecule has 1 aromatic carbocycles. The largest absolute Gasteiger partial charge is 1.00 e. The van der Waals surface area contributed by atoms with Crippen LogP contribution in [0.15, 0.2) is 53.2 Å². The first-order valence-corrected chi connectivity index (χ1v) is 8.49. The smallest absolute Gasteiger partial charge is 0.0967 e. The first kappa shape index (κ1) is 16.3. The second-order valence-electron chi connectivity index (χ2n) is 5.51. The Kier molecular flexibility index (Phi) is 6.50. The molecule has 3 heteroatoms. The number of rotatable bonds is 4. The minimum atomic E-state index is 0. The zero-order valence-electron chi connectivity index (χ0n) is 12.2. The van der Waals surface area contributed by atoms with Crippen LogP contribution in [0.25, 0.3) is 5.57 Å². The van der Waals surface area contributed by atoms with E-state index in [2.05, 4.69) is 53.2 Å². The van der Waals surface area contributed by atoms with Gasteiger partial charge in [-0.3, -0.25) is 0 Å². The van der Waals surface area contributed by atoms with Gasteiger partial charge in [0.25, 0.3) is 0 Å². The lowest BCUT2D eigenvalue weighted by atomic mass is 10.00. The fourth-order valence-electron chi connectivity index (χ4n) is 2.94. The fourth-order valence-corrected chi connectivity index (χ4v) is 3.60. The molecule has 1 N–H and O–H groups in total. The number of thiophene rings is 1. The molecule has 0 spiro atoms. The summed E-state index contributed by atoms with van der Waals surface area (Å²) < 4.78 is 0. The molecule has 21 heavy (non-hydrogen) atoms. The number of hydrogen-bond acceptors (Lipinski definition) is 1. The number of quaternary nitrogens is 1. The summed E-state index contributed by atoms with van der Waals surface area (Å²) in [5, 5.41) is 4.42. The topological polar surface area (TPSA) is 4.44 Å². The van der Waals surface area contributed by atoms with Crippen LogP contribution >= 0.6 is 11.3 Å². The van der Waals surface area contributed by atoms with Crippen LogP contribution in [0.4, 0.5) is 0 Å². The predicted octanol–water partition coefficient (Wildman–Crippen LogP) is 0.253. The minimum absolute atomic E-state index is 0. The van der Waals surface area contributed by atoms with Gasteiger partial charge in [0.2, 0.25) is 0 Å². The van der Waals surface area contributed by atoms with Crippen LogP contribution in [-0.4, -0.2) is 19.6 Å². The van der Waals surface area contributed by atoms with Crippen LogP contribution in [-0.2, 0) is 0 Å². The number of nitrogens with one attached hydrogen (secondary N) is 1. The van der Waals surface area contributed by atoms with Crippen LogP contribution in [0.3, 0.4) is 0 Å². The summed E-state index contributed by atoms with van der Waals surface area (Å²) in [5.41, 5.74) is 4.09. The quantitative estimate of drug-likeness (QED) is 0.824. The molecule has 112 valence electrons. The van der Waals surface area contributed by atoms with Gasteiger partial charge in [0.1, 0.15) is 0 Å². The number of halogens is 1. The summed E-state index contributed by atoms with van der Waals surface area (Å²) in [5.74, 6) is 0. The van der Waals surface area contributed by atoms with Gasteiger partial charge in [-0.2, -0.15) is 11.3 Å². The SMILES string of the molecule is C(/C[NH+]1CCCCC1)=C(/c1ccccc1)c1ccsc1.[Cl-]. The van der Waals surface area contributed by atoms with E-state index < -0.39 is 0 Å². The molecule has 0 atom stereocenters. The van der Waals surface area contributed by atoms with Gasteiger partial charge in [-0.1, -0.05) is 30.3 Å². The maximum atomic E-state index is 2.44. The molecule has 1 aliphatic heterocycles. The summed E-state index contributed by atoms with van der Waals surface area (Å²) in [6, 6.07) is 13.0. The molecule has 0 unspecified atom stereocenters. The first-order valence-electron chi connectivity index (χ1n) is 7.55. The molecular formula is C18H22ClNS. The summed E-state index contributed by atoms with van der Waals surface area (Å²) in [6.07, 6.45) is 6.64. The van der Waals surface area contributed by atoms with Crippen molar-refractivity contribution in [1.82, 2.24) is 0 Å². The van der Waals surface area contributed by atoms with Gasteiger partial charge in [0.15, 0.2) is 0 Å². The number of benzene rings is 1. The molecule has 2 heterocycles. The van der Waals surface area contributed by atoms with Crippen molar-refractivity contribution in [2.24, 2.45) is 0 Å². The van der Waals surface area contributed by atoms with Crippen molar-refractivity contribution in [3.63, 3.8) is 0 Å². The van der Waals surface area contributed by atoms with Crippen molar-refractivity contribution in [3.05, 3.63) is 64.4 Å². The lowest BCUT2D eigenvalue weighted by Crippen LogP contribution is -3.12. The van der Waals surface area contributed by atoms with E-state index in [4.69, 9.17) is 0 Å². The summed E-state index contributed by atoms with van der Waals surface area (Å²) in [4.78, 5) is 1.74. The number of hydrogen-bond donors (Lipinski definition) is 1. The van der Waals surface area contributed by atoms with Crippen molar-refractivity contribution in [2.75, 3.05) is 19.6 Å². The Bertz CT molecular complexity index is 542. The molecule has 0 bridgehead atoms. The Morgan fingerprint density at radius 1 is 1.00 bits per heavy atom. The molecule has 0 amide bonds. The van der Waals surface area contributed by atoms with E-state index in [-0.39, 0.29) is 12.4 Å². The Morgan fingerprint density at radius 2 is 1.76 bits per heavy atom.